The SMILES string of the molecule is O=[N+]([O-])c1ccc(Cl)cc1CC1OCCCO1. The van der Waals surface area contributed by atoms with Gasteiger partial charge in [-0.1, -0.05) is 11.6 Å². The van der Waals surface area contributed by atoms with Gasteiger partial charge in [-0.2, -0.15) is 0 Å². The Morgan fingerprint density at radius 2 is 2.12 bits per heavy atom. The smallest absolute Gasteiger partial charge is 0.272 e. The van der Waals surface area contributed by atoms with Gasteiger partial charge in [-0.05, 0) is 18.6 Å². The lowest BCUT2D eigenvalue weighted by atomic mass is 10.1. The fourth-order valence-corrected chi connectivity index (χ4v) is 1.92. The normalized spacial score (nSPS) is 17.0. The summed E-state index contributed by atoms with van der Waals surface area (Å²) in [5.41, 5.74) is 0.585. The van der Waals surface area contributed by atoms with Crippen LogP contribution in [0.15, 0.2) is 18.2 Å². The zero-order valence-electron chi connectivity index (χ0n) is 9.10. The molecule has 0 spiro atoms. The van der Waals surface area contributed by atoms with Crippen molar-refractivity contribution in [1.29, 1.82) is 0 Å². The van der Waals surface area contributed by atoms with E-state index in [-0.39, 0.29) is 5.69 Å². The molecule has 0 amide bonds. The van der Waals surface area contributed by atoms with Crippen molar-refractivity contribution in [2.75, 3.05) is 13.2 Å². The largest absolute Gasteiger partial charge is 0.352 e. The van der Waals surface area contributed by atoms with Crippen LogP contribution in [0.5, 0.6) is 0 Å². The molecule has 0 aliphatic carbocycles. The molecule has 0 saturated carbocycles. The van der Waals surface area contributed by atoms with E-state index in [0.29, 0.717) is 30.2 Å². The molecule has 0 atom stereocenters. The van der Waals surface area contributed by atoms with Gasteiger partial charge in [0.2, 0.25) is 0 Å². The minimum absolute atomic E-state index is 0.0483. The summed E-state index contributed by atoms with van der Waals surface area (Å²) in [6.45, 7) is 1.25. The molecule has 1 aliphatic rings. The lowest BCUT2D eigenvalue weighted by Gasteiger charge is -2.23. The number of nitrogens with zero attached hydrogens (tertiary/aromatic N) is 1. The molecule has 0 N–H and O–H groups in total. The maximum Gasteiger partial charge on any atom is 0.272 e. The van der Waals surface area contributed by atoms with E-state index >= 15 is 0 Å². The van der Waals surface area contributed by atoms with Crippen LogP contribution in [-0.4, -0.2) is 24.4 Å². The van der Waals surface area contributed by atoms with E-state index in [4.69, 9.17) is 21.1 Å². The molecule has 1 saturated heterocycles. The number of rotatable bonds is 3. The average molecular weight is 258 g/mol. The number of hydrogen-bond donors (Lipinski definition) is 0. The van der Waals surface area contributed by atoms with Gasteiger partial charge in [-0.15, -0.1) is 0 Å². The molecule has 1 aromatic carbocycles. The predicted octanol–water partition coefficient (Wildman–Crippen LogP) is 2.55. The van der Waals surface area contributed by atoms with Crippen molar-refractivity contribution in [3.8, 4) is 0 Å². The zero-order chi connectivity index (χ0) is 12.3. The van der Waals surface area contributed by atoms with E-state index in [1.807, 2.05) is 0 Å². The molecular weight excluding hydrogens is 246 g/mol. The molecule has 6 heteroatoms. The minimum atomic E-state index is -0.422. The van der Waals surface area contributed by atoms with E-state index in [1.54, 1.807) is 6.07 Å². The Labute approximate surface area is 103 Å². The molecule has 1 aliphatic heterocycles. The molecule has 0 unspecified atom stereocenters. The first-order valence-corrected chi connectivity index (χ1v) is 5.70. The summed E-state index contributed by atoms with van der Waals surface area (Å²) in [7, 11) is 0. The highest BCUT2D eigenvalue weighted by atomic mass is 35.5. The Morgan fingerprint density at radius 3 is 2.76 bits per heavy atom. The van der Waals surface area contributed by atoms with Crippen LogP contribution in [-0.2, 0) is 15.9 Å². The number of hydrogen-bond acceptors (Lipinski definition) is 4. The molecule has 17 heavy (non-hydrogen) atoms. The Morgan fingerprint density at radius 1 is 1.41 bits per heavy atom. The molecule has 1 heterocycles. The number of nitro groups is 1. The Kier molecular flexibility index (Phi) is 3.93. The summed E-state index contributed by atoms with van der Waals surface area (Å²) in [4.78, 5) is 10.4. The maximum absolute atomic E-state index is 10.9. The van der Waals surface area contributed by atoms with Crippen LogP contribution >= 0.6 is 11.6 Å². The van der Waals surface area contributed by atoms with Crippen molar-refractivity contribution in [3.05, 3.63) is 38.9 Å². The van der Waals surface area contributed by atoms with Crippen LogP contribution in [0, 0.1) is 10.1 Å². The third-order valence-electron chi connectivity index (χ3n) is 2.52. The first-order valence-electron chi connectivity index (χ1n) is 5.33. The third kappa shape index (κ3) is 3.15. The fraction of sp³-hybridized carbons (Fsp3) is 0.455. The number of benzene rings is 1. The third-order valence-corrected chi connectivity index (χ3v) is 2.76. The number of halogens is 1. The molecule has 1 fully saturated rings. The molecule has 2 rings (SSSR count). The van der Waals surface area contributed by atoms with E-state index in [0.717, 1.165) is 6.42 Å². The highest BCUT2D eigenvalue weighted by Crippen LogP contribution is 2.25. The number of nitro benzene ring substituents is 1. The van der Waals surface area contributed by atoms with Gasteiger partial charge in [0.25, 0.3) is 5.69 Å². The Balaban J connectivity index is 2.17. The maximum atomic E-state index is 10.9. The van der Waals surface area contributed by atoms with Gasteiger partial charge in [-0.3, -0.25) is 10.1 Å². The summed E-state index contributed by atoms with van der Waals surface area (Å²) in [5, 5.41) is 11.3. The van der Waals surface area contributed by atoms with E-state index in [2.05, 4.69) is 0 Å². The van der Waals surface area contributed by atoms with E-state index in [9.17, 15) is 10.1 Å². The predicted molar refractivity (Wildman–Crippen MR) is 62.1 cm³/mol. The van der Waals surface area contributed by atoms with Crippen molar-refractivity contribution < 1.29 is 14.4 Å². The van der Waals surface area contributed by atoms with Gasteiger partial charge >= 0.3 is 0 Å². The van der Waals surface area contributed by atoms with Crippen LogP contribution in [0.2, 0.25) is 5.02 Å². The standard InChI is InChI=1S/C11H12ClNO4/c12-9-2-3-10(13(14)15)8(6-9)7-11-16-4-1-5-17-11/h2-3,6,11H,1,4-5,7H2. The lowest BCUT2D eigenvalue weighted by molar-refractivity contribution is -0.385. The monoisotopic (exact) mass is 257 g/mol. The van der Waals surface area contributed by atoms with Crippen LogP contribution < -0.4 is 0 Å². The minimum Gasteiger partial charge on any atom is -0.352 e. The highest BCUT2D eigenvalue weighted by molar-refractivity contribution is 6.30. The van der Waals surface area contributed by atoms with Gasteiger partial charge in [0, 0.05) is 23.1 Å². The summed E-state index contributed by atoms with van der Waals surface area (Å²) < 4.78 is 10.7. The van der Waals surface area contributed by atoms with E-state index < -0.39 is 11.2 Å². The molecule has 0 bridgehead atoms. The first-order chi connectivity index (χ1) is 8.16. The van der Waals surface area contributed by atoms with Crippen molar-refractivity contribution in [3.63, 3.8) is 0 Å². The lowest BCUT2D eigenvalue weighted by Crippen LogP contribution is -2.27. The molecule has 0 radical (unpaired) electrons. The van der Waals surface area contributed by atoms with Crippen LogP contribution in [0.1, 0.15) is 12.0 Å². The fourth-order valence-electron chi connectivity index (χ4n) is 1.73. The van der Waals surface area contributed by atoms with Crippen LogP contribution in [0.4, 0.5) is 5.69 Å². The summed E-state index contributed by atoms with van der Waals surface area (Å²) in [6.07, 6.45) is 0.784. The van der Waals surface area contributed by atoms with Gasteiger partial charge in [0.05, 0.1) is 18.1 Å². The summed E-state index contributed by atoms with van der Waals surface area (Å²) >= 11 is 5.83. The second kappa shape index (κ2) is 5.44. The van der Waals surface area contributed by atoms with Crippen molar-refractivity contribution in [2.45, 2.75) is 19.1 Å². The highest BCUT2D eigenvalue weighted by Gasteiger charge is 2.21. The quantitative estimate of drug-likeness (QED) is 0.617. The Hall–Kier alpha value is -1.17. The van der Waals surface area contributed by atoms with Crippen molar-refractivity contribution in [1.82, 2.24) is 0 Å². The van der Waals surface area contributed by atoms with Crippen LogP contribution in [0.25, 0.3) is 0 Å². The number of ether oxygens (including phenoxy) is 2. The van der Waals surface area contributed by atoms with Crippen molar-refractivity contribution >= 4 is 17.3 Å². The summed E-state index contributed by atoms with van der Waals surface area (Å²) in [6, 6.07) is 4.49. The van der Waals surface area contributed by atoms with Gasteiger partial charge in [0.1, 0.15) is 0 Å². The molecule has 5 nitrogen and oxygen atoms in total. The first kappa shape index (κ1) is 12.3. The van der Waals surface area contributed by atoms with Crippen molar-refractivity contribution in [2.24, 2.45) is 0 Å². The second-order valence-electron chi connectivity index (χ2n) is 3.76. The van der Waals surface area contributed by atoms with Gasteiger partial charge in [-0.25, -0.2) is 0 Å². The van der Waals surface area contributed by atoms with Gasteiger partial charge in [0.15, 0.2) is 6.29 Å². The topological polar surface area (TPSA) is 61.6 Å². The average Bonchev–Trinajstić information content (AvgIpc) is 2.30. The van der Waals surface area contributed by atoms with E-state index in [1.165, 1.54) is 12.1 Å². The molecular formula is C11H12ClNO4. The molecule has 92 valence electrons. The zero-order valence-corrected chi connectivity index (χ0v) is 9.85. The Bertz CT molecular complexity index is 418. The second-order valence-corrected chi connectivity index (χ2v) is 4.20. The molecule has 0 aromatic heterocycles. The summed E-state index contributed by atoms with van der Waals surface area (Å²) in [5.74, 6) is 0. The van der Waals surface area contributed by atoms with Crippen LogP contribution in [0.3, 0.4) is 0 Å². The molecule has 1 aromatic rings. The van der Waals surface area contributed by atoms with Gasteiger partial charge < -0.3 is 9.47 Å².